The van der Waals surface area contributed by atoms with E-state index in [1.54, 1.807) is 0 Å². The van der Waals surface area contributed by atoms with Gasteiger partial charge in [-0.3, -0.25) is 29.3 Å². The first-order valence-electron chi connectivity index (χ1n) is 48.7. The molecule has 3 aliphatic rings. The van der Waals surface area contributed by atoms with Crippen LogP contribution in [0.3, 0.4) is 0 Å². The quantitative estimate of drug-likeness (QED) is 0.0342. The fourth-order valence-corrected chi connectivity index (χ4v) is 19.3. The van der Waals surface area contributed by atoms with Crippen molar-refractivity contribution in [2.45, 2.75) is 295 Å². The standard InChI is InChI=1S/C31H32N.2C30H30N.3C11H20O2.3Ir/c1-18(2)10-22-15-29(23-12-20(4)11-21(5)13-23)32-30-17-28-26(16-25(22)30)24-9-8-19(3)14-27(24)31(28,6)7;1-18-12-19(2)14-20(13-18)27-16-25(29(3,4)5)23-15-22-21-10-8-9-11-24(21)30(6,7)26(22)17-28(23)31-27;1-18(2)11-21-15-28(22-13-19(3)12-20(4)14-22)31-29-17-27-25(16-24(21)29)23-9-7-8-10-26(23)30(27,5)6;3*1-8(2)5-10(12)7-11(13)6-9(3)4;;;/h8-9,11-12,14-18H,10H2,1-7H3;8-13,15-17H,1-7H3;7-10,12-13,15-18H,11H2,1-6H3;3*7-9,12H,5-6H2,1-4H3;;;/q3*-1;;;;;;. The van der Waals surface area contributed by atoms with Crippen LogP contribution in [0.1, 0.15) is 301 Å². The third kappa shape index (κ3) is 29.2. The van der Waals surface area contributed by atoms with Gasteiger partial charge in [-0.1, -0.05) is 305 Å². The van der Waals surface area contributed by atoms with Crippen LogP contribution in [0.25, 0.3) is 99.9 Å². The smallest absolute Gasteiger partial charge is 0.159 e. The van der Waals surface area contributed by atoms with Crippen molar-refractivity contribution in [2.24, 2.45) is 47.3 Å². The van der Waals surface area contributed by atoms with Crippen LogP contribution in [0.15, 0.2) is 193 Å². The Kier molecular flexibility index (Phi) is 40.2. The van der Waals surface area contributed by atoms with Gasteiger partial charge >= 0.3 is 0 Å². The predicted molar refractivity (Wildman–Crippen MR) is 564 cm³/mol. The molecule has 12 aromatic rings. The number of fused-ring (bicyclic) bond motifs is 12. The van der Waals surface area contributed by atoms with Crippen LogP contribution >= 0.6 is 0 Å². The Morgan fingerprint density at radius 2 is 0.596 bits per heavy atom. The van der Waals surface area contributed by atoms with Crippen molar-refractivity contribution in [1.82, 2.24) is 15.0 Å². The number of allylic oxidation sites excluding steroid dienone is 6. The van der Waals surface area contributed by atoms with Crippen molar-refractivity contribution >= 4 is 50.1 Å². The second-order valence-corrected chi connectivity index (χ2v) is 44.3. The fourth-order valence-electron chi connectivity index (χ4n) is 19.3. The second kappa shape index (κ2) is 48.1. The van der Waals surface area contributed by atoms with E-state index in [2.05, 4.69) is 314 Å². The number of carbonyl (C=O) groups is 3. The van der Waals surface area contributed by atoms with Crippen LogP contribution in [0.4, 0.5) is 0 Å². The van der Waals surface area contributed by atoms with E-state index in [-0.39, 0.29) is 117 Å². The summed E-state index contributed by atoms with van der Waals surface area (Å²) >= 11 is 0. The maximum atomic E-state index is 11.2. The molecule has 0 bridgehead atoms. The molecular formula is C124H152Ir3N3O6-3. The first-order valence-corrected chi connectivity index (χ1v) is 48.7. The van der Waals surface area contributed by atoms with Crippen LogP contribution < -0.4 is 0 Å². The molecule has 0 spiro atoms. The minimum Gasteiger partial charge on any atom is -0.512 e. The van der Waals surface area contributed by atoms with E-state index < -0.39 is 0 Å². The van der Waals surface area contributed by atoms with Gasteiger partial charge in [-0.2, -0.15) is 0 Å². The summed E-state index contributed by atoms with van der Waals surface area (Å²) in [7, 11) is 0. The number of aliphatic hydroxyl groups excluding tert-OH is 3. The molecular weight excluding hydrogens is 2200 g/mol. The van der Waals surface area contributed by atoms with Crippen LogP contribution in [-0.4, -0.2) is 47.6 Å². The number of rotatable bonds is 22. The molecule has 3 aliphatic carbocycles. The summed E-state index contributed by atoms with van der Waals surface area (Å²) in [4.78, 5) is 49.2. The molecule has 3 radical (unpaired) electrons. The van der Waals surface area contributed by atoms with Crippen LogP contribution in [-0.2, 0) is 109 Å². The van der Waals surface area contributed by atoms with E-state index >= 15 is 0 Å². The molecule has 0 unspecified atom stereocenters. The van der Waals surface area contributed by atoms with Gasteiger partial charge in [0.15, 0.2) is 17.3 Å². The zero-order valence-corrected chi connectivity index (χ0v) is 94.6. The van der Waals surface area contributed by atoms with Gasteiger partial charge in [0.2, 0.25) is 0 Å². The Morgan fingerprint density at radius 1 is 0.316 bits per heavy atom. The molecule has 3 heterocycles. The summed E-state index contributed by atoms with van der Waals surface area (Å²) in [5.41, 5.74) is 38.8. The van der Waals surface area contributed by atoms with Crippen LogP contribution in [0, 0.1) is 114 Å². The Labute approximate surface area is 857 Å². The van der Waals surface area contributed by atoms with Gasteiger partial charge in [-0.25, -0.2) is 0 Å². The average Bonchev–Trinajstić information content (AvgIpc) is 1.58. The molecule has 0 saturated heterocycles. The molecule has 3 aromatic heterocycles. The Balaban J connectivity index is 0.000000232. The molecule has 0 fully saturated rings. The molecule has 729 valence electrons. The molecule has 15 rings (SSSR count). The summed E-state index contributed by atoms with van der Waals surface area (Å²) in [6.45, 7) is 69.0. The van der Waals surface area contributed by atoms with Crippen LogP contribution in [0.2, 0.25) is 0 Å². The molecule has 12 heteroatoms. The number of aryl methyl sites for hydroxylation is 7. The van der Waals surface area contributed by atoms with Crippen molar-refractivity contribution in [3.05, 3.63) is 300 Å². The Bertz CT molecular complexity index is 6210. The molecule has 0 saturated carbocycles. The molecule has 0 aliphatic heterocycles. The summed E-state index contributed by atoms with van der Waals surface area (Å²) in [5, 5.41) is 31.9. The van der Waals surface area contributed by atoms with E-state index in [0.29, 0.717) is 85.9 Å². The Hall–Kier alpha value is -9.21. The van der Waals surface area contributed by atoms with Gasteiger partial charge in [0.25, 0.3) is 0 Å². The van der Waals surface area contributed by atoms with E-state index in [4.69, 9.17) is 15.0 Å². The van der Waals surface area contributed by atoms with Crippen molar-refractivity contribution in [3.63, 3.8) is 0 Å². The number of carbonyl (C=O) groups excluding carboxylic acids is 3. The Morgan fingerprint density at radius 3 is 0.897 bits per heavy atom. The van der Waals surface area contributed by atoms with Gasteiger partial charge in [-0.05, 0) is 209 Å². The number of hydrogen-bond donors (Lipinski definition) is 3. The number of pyridine rings is 3. The molecule has 0 amide bonds. The topological polar surface area (TPSA) is 151 Å². The van der Waals surface area contributed by atoms with E-state index in [9.17, 15) is 29.7 Å². The summed E-state index contributed by atoms with van der Waals surface area (Å²) in [5.74, 6) is 4.10. The van der Waals surface area contributed by atoms with Crippen molar-refractivity contribution in [2.75, 3.05) is 0 Å². The third-order valence-corrected chi connectivity index (χ3v) is 25.0. The SMILES string of the molecule is CC(C)CC(=O)C=C(O)CC(C)C.CC(C)CC(=O)C=C(O)CC(C)C.CC(C)CC(=O)C=C(O)CC(C)C.Cc1[c-]c(-c2cc(C(C)(C)C)c3cc4c(cc3n2)C(C)(C)c2ccccc2-4)cc(C)c1.Cc1[c-]c(-c2cc(CC(C)C)c3cc4c(cc3n2)C(C)(C)c2cc(C)ccc2-4)cc(C)c1.Cc1[c-]c(-c2cc(CC(C)C)c3cc4c(cc3n2)C(C)(C)c2ccccc2-4)cc(C)c1.[Ir].[Ir].[Ir]. The monoisotopic (exact) mass is 2360 g/mol. The normalized spacial score (nSPS) is 13.5. The molecule has 9 nitrogen and oxygen atoms in total. The zero-order valence-electron chi connectivity index (χ0n) is 87.4. The van der Waals surface area contributed by atoms with Crippen LogP contribution in [0.5, 0.6) is 0 Å². The van der Waals surface area contributed by atoms with Gasteiger partial charge in [0.1, 0.15) is 0 Å². The predicted octanol–water partition coefficient (Wildman–Crippen LogP) is 33.1. The molecule has 136 heavy (non-hydrogen) atoms. The number of aromatic nitrogens is 3. The fraction of sp³-hybridized carbons (Fsp3) is 0.419. The first kappa shape index (κ1) is 114. The van der Waals surface area contributed by atoms with E-state index in [1.165, 1.54) is 140 Å². The first-order chi connectivity index (χ1) is 62.2. The molecule has 9 aromatic carbocycles. The van der Waals surface area contributed by atoms with E-state index in [0.717, 1.165) is 79.9 Å². The number of nitrogens with zero attached hydrogens (tertiary/aromatic N) is 3. The van der Waals surface area contributed by atoms with Gasteiger partial charge in [0, 0.05) is 149 Å². The number of aliphatic hydroxyl groups is 3. The summed E-state index contributed by atoms with van der Waals surface area (Å²) in [6, 6.07) is 69.4. The summed E-state index contributed by atoms with van der Waals surface area (Å²) in [6.07, 6.45) is 9.48. The molecule has 3 N–H and O–H groups in total. The third-order valence-electron chi connectivity index (χ3n) is 25.0. The maximum absolute atomic E-state index is 11.2. The van der Waals surface area contributed by atoms with Gasteiger partial charge in [0.05, 0.1) is 33.8 Å². The summed E-state index contributed by atoms with van der Waals surface area (Å²) < 4.78 is 0. The minimum absolute atomic E-state index is 0. The minimum atomic E-state index is -0.0221. The van der Waals surface area contributed by atoms with Gasteiger partial charge < -0.3 is 15.3 Å². The van der Waals surface area contributed by atoms with Crippen molar-refractivity contribution in [1.29, 1.82) is 0 Å². The van der Waals surface area contributed by atoms with Crippen molar-refractivity contribution in [3.8, 4) is 67.2 Å². The zero-order chi connectivity index (χ0) is 98.1. The van der Waals surface area contributed by atoms with Gasteiger partial charge in [-0.15, -0.1) is 105 Å². The average molecular weight is 2360 g/mol. The number of ketones is 3. The number of benzene rings is 9. The maximum Gasteiger partial charge on any atom is 0.159 e. The second-order valence-electron chi connectivity index (χ2n) is 44.3. The molecule has 0 atom stereocenters. The largest absolute Gasteiger partial charge is 0.512 e. The number of hydrogen-bond acceptors (Lipinski definition) is 9. The van der Waals surface area contributed by atoms with E-state index in [1.807, 2.05) is 83.1 Å². The van der Waals surface area contributed by atoms with Crippen molar-refractivity contribution < 1.29 is 90.0 Å².